The topological polar surface area (TPSA) is 47.3 Å². The second-order valence-electron chi connectivity index (χ2n) is 2.31. The van der Waals surface area contributed by atoms with Gasteiger partial charge in [0.2, 0.25) is 0 Å². The molecule has 0 saturated heterocycles. The average Bonchev–Trinajstić information content (AvgIpc) is 2.05. The molecule has 0 aliphatic carbocycles. The lowest BCUT2D eigenvalue weighted by atomic mass is 10.2. The van der Waals surface area contributed by atoms with Gasteiger partial charge in [0, 0.05) is 12.1 Å². The lowest BCUT2D eigenvalue weighted by Crippen LogP contribution is -2.21. The Morgan fingerprint density at radius 1 is 1.54 bits per heavy atom. The van der Waals surface area contributed by atoms with Crippen molar-refractivity contribution in [3.05, 3.63) is 28.8 Å². The van der Waals surface area contributed by atoms with Crippen LogP contribution < -0.4 is 16.0 Å². The third-order valence-corrected chi connectivity index (χ3v) is 1.84. The summed E-state index contributed by atoms with van der Waals surface area (Å²) in [5.41, 5.74) is 3.50. The molecule has 0 amide bonds. The first-order valence-corrected chi connectivity index (χ1v) is 3.92. The second kappa shape index (κ2) is 6.05. The van der Waals surface area contributed by atoms with Gasteiger partial charge in [0.05, 0.1) is 12.1 Å². The molecule has 5 heteroatoms. The van der Waals surface area contributed by atoms with E-state index >= 15 is 0 Å². The lowest BCUT2D eigenvalue weighted by Gasteiger charge is -2.08. The minimum Gasteiger partial charge on any atom is -0.495 e. The molecule has 1 rings (SSSR count). The predicted molar refractivity (Wildman–Crippen MR) is 56.3 cm³/mol. The zero-order valence-corrected chi connectivity index (χ0v) is 8.78. The zero-order valence-electron chi connectivity index (χ0n) is 7.21. The van der Waals surface area contributed by atoms with Crippen molar-refractivity contribution in [2.45, 2.75) is 6.54 Å². The van der Waals surface area contributed by atoms with Gasteiger partial charge < -0.3 is 4.74 Å². The number of halogens is 2. The van der Waals surface area contributed by atoms with Gasteiger partial charge in [-0.25, -0.2) is 0 Å². The number of benzene rings is 1. The quantitative estimate of drug-likeness (QED) is 0.606. The molecule has 0 aromatic heterocycles. The molecule has 0 fully saturated rings. The molecule has 13 heavy (non-hydrogen) atoms. The number of rotatable bonds is 3. The van der Waals surface area contributed by atoms with Crippen LogP contribution in [0.3, 0.4) is 0 Å². The van der Waals surface area contributed by atoms with Crippen LogP contribution >= 0.6 is 24.0 Å². The molecule has 0 heterocycles. The maximum absolute atomic E-state index is 5.87. The van der Waals surface area contributed by atoms with Crippen molar-refractivity contribution in [1.29, 1.82) is 0 Å². The minimum absolute atomic E-state index is 0. The average molecular weight is 223 g/mol. The first kappa shape index (κ1) is 12.5. The Kier molecular flexibility index (Phi) is 5.82. The highest BCUT2D eigenvalue weighted by Crippen LogP contribution is 2.27. The smallest absolute Gasteiger partial charge is 0.141 e. The van der Waals surface area contributed by atoms with Crippen LogP contribution in [0.5, 0.6) is 5.75 Å². The van der Waals surface area contributed by atoms with E-state index in [0.717, 1.165) is 5.56 Å². The summed E-state index contributed by atoms with van der Waals surface area (Å²) in [6.07, 6.45) is 0. The Hall–Kier alpha value is -0.480. The fraction of sp³-hybridized carbons (Fsp3) is 0.250. The SMILES string of the molecule is COc1c(Cl)cccc1CNN.Cl. The number of hydrazine groups is 1. The Balaban J connectivity index is 0.00000144. The van der Waals surface area contributed by atoms with E-state index in [2.05, 4.69) is 5.43 Å². The van der Waals surface area contributed by atoms with Gasteiger partial charge in [0.15, 0.2) is 0 Å². The van der Waals surface area contributed by atoms with Crippen LogP contribution in [-0.2, 0) is 6.54 Å². The molecule has 0 unspecified atom stereocenters. The Morgan fingerprint density at radius 2 is 2.23 bits per heavy atom. The monoisotopic (exact) mass is 222 g/mol. The van der Waals surface area contributed by atoms with Crippen LogP contribution in [0.25, 0.3) is 0 Å². The van der Waals surface area contributed by atoms with Gasteiger partial charge in [-0.15, -0.1) is 12.4 Å². The molecular formula is C8H12Cl2N2O. The van der Waals surface area contributed by atoms with Crippen molar-refractivity contribution in [1.82, 2.24) is 5.43 Å². The summed E-state index contributed by atoms with van der Waals surface area (Å²) >= 11 is 5.87. The number of hydrogen-bond donors (Lipinski definition) is 2. The van der Waals surface area contributed by atoms with Gasteiger partial charge in [-0.2, -0.15) is 0 Å². The number of ether oxygens (including phenoxy) is 1. The zero-order chi connectivity index (χ0) is 8.97. The van der Waals surface area contributed by atoms with Crippen LogP contribution in [0.4, 0.5) is 0 Å². The van der Waals surface area contributed by atoms with Gasteiger partial charge in [-0.05, 0) is 6.07 Å². The highest BCUT2D eigenvalue weighted by atomic mass is 35.5. The fourth-order valence-corrected chi connectivity index (χ4v) is 1.30. The molecule has 0 radical (unpaired) electrons. The lowest BCUT2D eigenvalue weighted by molar-refractivity contribution is 0.408. The van der Waals surface area contributed by atoms with E-state index in [1.807, 2.05) is 12.1 Å². The number of nitrogens with two attached hydrogens (primary N) is 1. The summed E-state index contributed by atoms with van der Waals surface area (Å²) in [5, 5.41) is 0.602. The first-order valence-electron chi connectivity index (χ1n) is 3.54. The number of para-hydroxylation sites is 1. The third-order valence-electron chi connectivity index (χ3n) is 1.55. The normalized spacial score (nSPS) is 9.15. The molecule has 74 valence electrons. The number of hydrogen-bond acceptors (Lipinski definition) is 3. The molecule has 0 saturated carbocycles. The van der Waals surface area contributed by atoms with Crippen LogP contribution in [0.2, 0.25) is 5.02 Å². The van der Waals surface area contributed by atoms with E-state index in [1.165, 1.54) is 0 Å². The molecule has 0 atom stereocenters. The summed E-state index contributed by atoms with van der Waals surface area (Å²) in [7, 11) is 1.58. The molecule has 3 nitrogen and oxygen atoms in total. The van der Waals surface area contributed by atoms with Crippen molar-refractivity contribution in [3.63, 3.8) is 0 Å². The third kappa shape index (κ3) is 3.04. The van der Waals surface area contributed by atoms with Gasteiger partial charge in [0.1, 0.15) is 5.75 Å². The summed E-state index contributed by atoms with van der Waals surface area (Å²) in [5.74, 6) is 5.86. The van der Waals surface area contributed by atoms with Crippen LogP contribution in [0.1, 0.15) is 5.56 Å². The predicted octanol–water partition coefficient (Wildman–Crippen LogP) is 1.73. The summed E-state index contributed by atoms with van der Waals surface area (Å²) in [4.78, 5) is 0. The van der Waals surface area contributed by atoms with Crippen molar-refractivity contribution in [3.8, 4) is 5.75 Å². The fourth-order valence-electron chi connectivity index (χ4n) is 1.03. The van der Waals surface area contributed by atoms with Crippen LogP contribution in [0.15, 0.2) is 18.2 Å². The first-order chi connectivity index (χ1) is 5.79. The van der Waals surface area contributed by atoms with E-state index in [-0.39, 0.29) is 12.4 Å². The molecule has 1 aromatic rings. The standard InChI is InChI=1S/C8H11ClN2O.ClH/c1-12-8-6(5-11-10)3-2-4-7(8)9;/h2-4,11H,5,10H2,1H3;1H. The van der Waals surface area contributed by atoms with Crippen molar-refractivity contribution < 1.29 is 4.74 Å². The number of methoxy groups -OCH3 is 1. The molecule has 3 N–H and O–H groups in total. The highest BCUT2D eigenvalue weighted by molar-refractivity contribution is 6.32. The second-order valence-corrected chi connectivity index (χ2v) is 2.72. The van der Waals surface area contributed by atoms with Crippen molar-refractivity contribution in [2.24, 2.45) is 5.84 Å². The molecular weight excluding hydrogens is 211 g/mol. The Bertz CT molecular complexity index is 268. The molecule has 0 bridgehead atoms. The van der Waals surface area contributed by atoms with E-state index in [0.29, 0.717) is 17.3 Å². The molecule has 1 aromatic carbocycles. The summed E-state index contributed by atoms with van der Waals surface area (Å²) in [6, 6.07) is 5.54. The summed E-state index contributed by atoms with van der Waals surface area (Å²) in [6.45, 7) is 0.545. The maximum atomic E-state index is 5.87. The van der Waals surface area contributed by atoms with Crippen molar-refractivity contribution >= 4 is 24.0 Å². The van der Waals surface area contributed by atoms with Crippen molar-refractivity contribution in [2.75, 3.05) is 7.11 Å². The van der Waals surface area contributed by atoms with Gasteiger partial charge in [-0.1, -0.05) is 23.7 Å². The maximum Gasteiger partial charge on any atom is 0.141 e. The van der Waals surface area contributed by atoms with Crippen LogP contribution in [0, 0.1) is 0 Å². The highest BCUT2D eigenvalue weighted by Gasteiger charge is 2.05. The van der Waals surface area contributed by atoms with E-state index in [1.54, 1.807) is 13.2 Å². The summed E-state index contributed by atoms with van der Waals surface area (Å²) < 4.78 is 5.10. The van der Waals surface area contributed by atoms with Gasteiger partial charge in [0.25, 0.3) is 0 Å². The van der Waals surface area contributed by atoms with Crippen LogP contribution in [-0.4, -0.2) is 7.11 Å². The number of nitrogens with one attached hydrogen (secondary N) is 1. The molecule has 0 aliphatic heterocycles. The van der Waals surface area contributed by atoms with E-state index < -0.39 is 0 Å². The van der Waals surface area contributed by atoms with E-state index in [9.17, 15) is 0 Å². The van der Waals surface area contributed by atoms with Gasteiger partial charge >= 0.3 is 0 Å². The molecule has 0 aliphatic rings. The minimum atomic E-state index is 0. The Morgan fingerprint density at radius 3 is 2.77 bits per heavy atom. The Labute approximate surface area is 88.6 Å². The largest absolute Gasteiger partial charge is 0.495 e. The molecule has 0 spiro atoms. The van der Waals surface area contributed by atoms with Gasteiger partial charge in [-0.3, -0.25) is 11.3 Å². The van der Waals surface area contributed by atoms with E-state index in [4.69, 9.17) is 22.2 Å².